The second-order valence-corrected chi connectivity index (χ2v) is 13.2. The van der Waals surface area contributed by atoms with Crippen molar-refractivity contribution in [3.05, 3.63) is 38.6 Å². The summed E-state index contributed by atoms with van der Waals surface area (Å²) >= 11 is 0. The normalized spacial score (nSPS) is 14.4. The van der Waals surface area contributed by atoms with Crippen molar-refractivity contribution in [2.24, 2.45) is 14.6 Å². The predicted molar refractivity (Wildman–Crippen MR) is 174 cm³/mol. The first kappa shape index (κ1) is 38.2. The van der Waals surface area contributed by atoms with Gasteiger partial charge in [0.25, 0.3) is 0 Å². The molecule has 1 aromatic rings. The van der Waals surface area contributed by atoms with Crippen LogP contribution in [0.5, 0.6) is 11.5 Å². The van der Waals surface area contributed by atoms with Gasteiger partial charge in [-0.1, -0.05) is 10.2 Å². The van der Waals surface area contributed by atoms with Gasteiger partial charge < -0.3 is 33.5 Å². The fourth-order valence-electron chi connectivity index (χ4n) is 4.91. The molecule has 0 unspecified atom stereocenters. The third-order valence-electron chi connectivity index (χ3n) is 7.38. The number of fused-ring (bicyclic) bond motifs is 1. The molecule has 0 aromatic heterocycles. The summed E-state index contributed by atoms with van der Waals surface area (Å²) in [6.07, 6.45) is 2.01. The Bertz CT molecular complexity index is 1460. The van der Waals surface area contributed by atoms with Gasteiger partial charge in [0.1, 0.15) is 11.3 Å². The van der Waals surface area contributed by atoms with E-state index in [1.54, 1.807) is 22.8 Å². The Hall–Kier alpha value is -4.28. The van der Waals surface area contributed by atoms with Crippen molar-refractivity contribution < 1.29 is 42.3 Å². The van der Waals surface area contributed by atoms with E-state index in [2.05, 4.69) is 24.4 Å². The van der Waals surface area contributed by atoms with Crippen LogP contribution in [-0.2, 0) is 33.5 Å². The van der Waals surface area contributed by atoms with Gasteiger partial charge in [-0.15, -0.1) is 0 Å². The molecule has 2 heterocycles. The molecule has 3 rings (SSSR count). The van der Waals surface area contributed by atoms with E-state index >= 15 is 0 Å². The van der Waals surface area contributed by atoms with E-state index in [1.807, 2.05) is 0 Å². The molecule has 1 aromatic carbocycles. The maximum Gasteiger partial charge on any atom is 0.342 e. The second kappa shape index (κ2) is 20.8. The lowest BCUT2D eigenvalue weighted by atomic mass is 10.1. The first-order chi connectivity index (χ1) is 23.3. The van der Waals surface area contributed by atoms with Crippen LogP contribution in [0.4, 0.5) is 5.69 Å². The molecule has 2 amide bonds. The standard InChI is InChI=1S/C29H43N9O9S/c1-2-45-29(41)23-8-9-24(28-27(23)46-22-47-28)34-48(42)20-14-38(15-21-48)26(40)7-5-6-25(39)37(12-4-3-10-32-35-30)13-17-44-19-18-43-16-11-33-36-31/h8-9H,2-7,10-22H2,1H3. The van der Waals surface area contributed by atoms with Crippen LogP contribution in [0.25, 0.3) is 20.9 Å². The third kappa shape index (κ3) is 12.4. The Morgan fingerprint density at radius 2 is 1.62 bits per heavy atom. The van der Waals surface area contributed by atoms with E-state index in [1.165, 1.54) is 6.07 Å². The molecule has 2 aliphatic heterocycles. The number of carbonyl (C=O) groups excluding carboxylic acids is 3. The van der Waals surface area contributed by atoms with Crippen molar-refractivity contribution in [2.45, 2.75) is 39.0 Å². The van der Waals surface area contributed by atoms with Gasteiger partial charge in [0.05, 0.1) is 42.8 Å². The molecule has 48 heavy (non-hydrogen) atoms. The maximum absolute atomic E-state index is 13.6. The minimum absolute atomic E-state index is 0.0964. The number of azide groups is 2. The van der Waals surface area contributed by atoms with Gasteiger partial charge >= 0.3 is 5.97 Å². The molecular weight excluding hydrogens is 650 g/mol. The lowest BCUT2D eigenvalue weighted by Crippen LogP contribution is -2.43. The molecule has 0 bridgehead atoms. The quantitative estimate of drug-likeness (QED) is 0.0595. The molecule has 0 N–H and O–H groups in total. The summed E-state index contributed by atoms with van der Waals surface area (Å²) in [5.74, 6) is 0.0371. The zero-order valence-electron chi connectivity index (χ0n) is 27.2. The SMILES string of the molecule is CCOC(=O)c1ccc(N=S2(=O)CCN(C(=O)CCCC(=O)N(CCCCN=[N+]=[N-])CCOCCOCCN=[N+]=[N-])CC2)c2c1OCO2. The second-order valence-electron chi connectivity index (χ2n) is 10.6. The Balaban J connectivity index is 1.46. The van der Waals surface area contributed by atoms with E-state index in [4.69, 9.17) is 34.7 Å². The van der Waals surface area contributed by atoms with Crippen LogP contribution in [0.3, 0.4) is 0 Å². The first-order valence-corrected chi connectivity index (χ1v) is 17.7. The molecule has 18 nitrogen and oxygen atoms in total. The van der Waals surface area contributed by atoms with Crippen LogP contribution < -0.4 is 9.47 Å². The minimum atomic E-state index is -2.70. The molecule has 0 radical (unpaired) electrons. The summed E-state index contributed by atoms with van der Waals surface area (Å²) in [5.41, 5.74) is 17.3. The van der Waals surface area contributed by atoms with E-state index < -0.39 is 15.7 Å². The average molecular weight is 694 g/mol. The number of hydrogen-bond acceptors (Lipinski definition) is 12. The number of esters is 1. The third-order valence-corrected chi connectivity index (χ3v) is 9.55. The molecule has 0 aliphatic carbocycles. The lowest BCUT2D eigenvalue weighted by Gasteiger charge is -2.29. The Labute approximate surface area is 279 Å². The molecule has 1 saturated heterocycles. The van der Waals surface area contributed by atoms with Gasteiger partial charge in [0.2, 0.25) is 18.6 Å². The van der Waals surface area contributed by atoms with Crippen molar-refractivity contribution in [3.8, 4) is 11.5 Å². The topological polar surface area (TPSA) is 231 Å². The van der Waals surface area contributed by atoms with E-state index in [-0.39, 0.29) is 86.3 Å². The van der Waals surface area contributed by atoms with Crippen LogP contribution >= 0.6 is 0 Å². The minimum Gasteiger partial charge on any atom is -0.462 e. The summed E-state index contributed by atoms with van der Waals surface area (Å²) in [5, 5.41) is 6.91. The predicted octanol–water partition coefficient (Wildman–Crippen LogP) is 3.97. The number of benzene rings is 1. The fourth-order valence-corrected chi connectivity index (χ4v) is 6.81. The monoisotopic (exact) mass is 693 g/mol. The molecule has 0 saturated carbocycles. The summed E-state index contributed by atoms with van der Waals surface area (Å²) in [6.45, 7) is 5.02. The highest BCUT2D eigenvalue weighted by Gasteiger charge is 2.29. The van der Waals surface area contributed by atoms with Gasteiger partial charge in [0, 0.05) is 73.4 Å². The summed E-state index contributed by atoms with van der Waals surface area (Å²) in [7, 11) is -2.70. The average Bonchev–Trinajstić information content (AvgIpc) is 3.57. The molecule has 264 valence electrons. The number of nitrogens with zero attached hydrogens (tertiary/aromatic N) is 9. The van der Waals surface area contributed by atoms with Gasteiger partial charge in [0.15, 0.2) is 11.5 Å². The lowest BCUT2D eigenvalue weighted by molar-refractivity contribution is -0.133. The van der Waals surface area contributed by atoms with Crippen molar-refractivity contribution >= 4 is 33.2 Å². The van der Waals surface area contributed by atoms with Crippen LogP contribution in [0.2, 0.25) is 0 Å². The number of carbonyl (C=O) groups is 3. The smallest absolute Gasteiger partial charge is 0.342 e. The van der Waals surface area contributed by atoms with E-state index in [9.17, 15) is 18.6 Å². The molecule has 19 heteroatoms. The van der Waals surface area contributed by atoms with Crippen LogP contribution in [0.1, 0.15) is 49.4 Å². The Morgan fingerprint density at radius 3 is 2.35 bits per heavy atom. The molecule has 0 spiro atoms. The fraction of sp³-hybridized carbons (Fsp3) is 0.690. The number of unbranched alkanes of at least 4 members (excludes halogenated alkanes) is 1. The van der Waals surface area contributed by atoms with Crippen LogP contribution in [0, 0.1) is 0 Å². The molecule has 0 atom stereocenters. The van der Waals surface area contributed by atoms with Gasteiger partial charge in [-0.05, 0) is 49.4 Å². The zero-order chi connectivity index (χ0) is 34.6. The summed E-state index contributed by atoms with van der Waals surface area (Å²) < 4.78 is 45.0. The number of hydrogen-bond donors (Lipinski definition) is 0. The number of ether oxygens (including phenoxy) is 5. The van der Waals surface area contributed by atoms with Gasteiger partial charge in [-0.25, -0.2) is 9.00 Å². The summed E-state index contributed by atoms with van der Waals surface area (Å²) in [4.78, 5) is 47.0. The summed E-state index contributed by atoms with van der Waals surface area (Å²) in [6, 6.07) is 3.07. The van der Waals surface area contributed by atoms with Crippen molar-refractivity contribution in [1.82, 2.24) is 9.80 Å². The first-order valence-electron chi connectivity index (χ1n) is 15.9. The highest BCUT2D eigenvalue weighted by Crippen LogP contribution is 2.44. The van der Waals surface area contributed by atoms with E-state index in [0.717, 1.165) is 0 Å². The largest absolute Gasteiger partial charge is 0.462 e. The van der Waals surface area contributed by atoms with Crippen LogP contribution in [0.15, 0.2) is 26.7 Å². The Kier molecular flexibility index (Phi) is 16.6. The zero-order valence-corrected chi connectivity index (χ0v) is 28.0. The molecule has 2 aliphatic rings. The van der Waals surface area contributed by atoms with E-state index in [0.29, 0.717) is 71.0 Å². The van der Waals surface area contributed by atoms with Gasteiger partial charge in [-0.3, -0.25) is 9.59 Å². The van der Waals surface area contributed by atoms with Crippen molar-refractivity contribution in [1.29, 1.82) is 0 Å². The van der Waals surface area contributed by atoms with Crippen LogP contribution in [-0.4, -0.2) is 122 Å². The maximum atomic E-state index is 13.6. The molecule has 1 fully saturated rings. The number of rotatable bonds is 21. The highest BCUT2D eigenvalue weighted by atomic mass is 32.2. The molecular formula is C29H43N9O9S. The van der Waals surface area contributed by atoms with Crippen molar-refractivity contribution in [3.63, 3.8) is 0 Å². The Morgan fingerprint density at radius 1 is 0.917 bits per heavy atom. The van der Waals surface area contributed by atoms with Gasteiger partial charge in [-0.2, -0.15) is 4.36 Å². The van der Waals surface area contributed by atoms with Crippen molar-refractivity contribution in [2.75, 3.05) is 90.6 Å². The number of amides is 2. The highest BCUT2D eigenvalue weighted by molar-refractivity contribution is 7.93.